The van der Waals surface area contributed by atoms with Gasteiger partial charge in [-0.25, -0.2) is 0 Å². The third kappa shape index (κ3) is 3.95. The second-order valence-corrected chi connectivity index (χ2v) is 6.38. The van der Waals surface area contributed by atoms with Crippen molar-refractivity contribution in [3.05, 3.63) is 53.1 Å². The summed E-state index contributed by atoms with van der Waals surface area (Å²) in [4.78, 5) is 0. The van der Waals surface area contributed by atoms with E-state index >= 15 is 0 Å². The number of halogens is 1. The topological polar surface area (TPSA) is 18.5 Å². The normalized spacial score (nSPS) is 15.0. The van der Waals surface area contributed by atoms with Crippen LogP contribution in [0.3, 0.4) is 0 Å². The SMILES string of the molecule is Cc1ccc(Oc2cccc(OCC3CCCC3)c2)c(Cl)c1. The first-order chi connectivity index (χ1) is 10.7. The summed E-state index contributed by atoms with van der Waals surface area (Å²) in [5.74, 6) is 2.97. The molecule has 3 heteroatoms. The molecule has 0 radical (unpaired) electrons. The number of ether oxygens (including phenoxy) is 2. The molecule has 116 valence electrons. The minimum atomic E-state index is 0.622. The molecular formula is C19H21ClO2. The molecule has 1 fully saturated rings. The predicted octanol–water partition coefficient (Wildman–Crippen LogP) is 6.01. The summed E-state index contributed by atoms with van der Waals surface area (Å²) in [6.07, 6.45) is 5.25. The van der Waals surface area contributed by atoms with Gasteiger partial charge in [-0.3, -0.25) is 0 Å². The molecule has 1 aliphatic carbocycles. The highest BCUT2D eigenvalue weighted by atomic mass is 35.5. The molecule has 0 bridgehead atoms. The van der Waals surface area contributed by atoms with Crippen molar-refractivity contribution in [3.63, 3.8) is 0 Å². The van der Waals surface area contributed by atoms with Crippen LogP contribution in [0.25, 0.3) is 0 Å². The van der Waals surface area contributed by atoms with Gasteiger partial charge in [0.05, 0.1) is 11.6 Å². The summed E-state index contributed by atoms with van der Waals surface area (Å²) in [6.45, 7) is 2.81. The van der Waals surface area contributed by atoms with E-state index in [1.54, 1.807) is 0 Å². The zero-order chi connectivity index (χ0) is 15.4. The fourth-order valence-corrected chi connectivity index (χ4v) is 3.11. The standard InChI is InChI=1S/C19H21ClO2/c1-14-9-10-19(18(20)11-14)22-17-8-4-7-16(12-17)21-13-15-5-2-3-6-15/h4,7-12,15H,2-3,5-6,13H2,1H3. The highest BCUT2D eigenvalue weighted by Gasteiger charge is 2.15. The second kappa shape index (κ2) is 7.06. The minimum Gasteiger partial charge on any atom is -0.493 e. The zero-order valence-electron chi connectivity index (χ0n) is 12.8. The molecule has 0 amide bonds. The van der Waals surface area contributed by atoms with Crippen LogP contribution in [0, 0.1) is 12.8 Å². The van der Waals surface area contributed by atoms with Crippen LogP contribution in [0.4, 0.5) is 0 Å². The van der Waals surface area contributed by atoms with Gasteiger partial charge in [0.1, 0.15) is 17.2 Å². The first-order valence-corrected chi connectivity index (χ1v) is 8.25. The Bertz CT molecular complexity index is 633. The smallest absolute Gasteiger partial charge is 0.146 e. The van der Waals surface area contributed by atoms with Crippen molar-refractivity contribution in [1.29, 1.82) is 0 Å². The molecule has 0 atom stereocenters. The van der Waals surface area contributed by atoms with Gasteiger partial charge in [-0.1, -0.05) is 36.6 Å². The van der Waals surface area contributed by atoms with E-state index in [0.29, 0.717) is 16.7 Å². The molecule has 0 saturated heterocycles. The maximum Gasteiger partial charge on any atom is 0.146 e. The molecule has 22 heavy (non-hydrogen) atoms. The molecule has 0 aliphatic heterocycles. The number of hydrogen-bond acceptors (Lipinski definition) is 2. The average Bonchev–Trinajstić information content (AvgIpc) is 3.02. The summed E-state index contributed by atoms with van der Waals surface area (Å²) in [5.41, 5.74) is 1.12. The van der Waals surface area contributed by atoms with Crippen LogP contribution in [0.1, 0.15) is 31.2 Å². The van der Waals surface area contributed by atoms with Gasteiger partial charge < -0.3 is 9.47 Å². The lowest BCUT2D eigenvalue weighted by atomic mass is 10.1. The van der Waals surface area contributed by atoms with E-state index in [4.69, 9.17) is 21.1 Å². The third-order valence-electron chi connectivity index (χ3n) is 4.08. The van der Waals surface area contributed by atoms with E-state index in [9.17, 15) is 0 Å². The number of hydrogen-bond donors (Lipinski definition) is 0. The van der Waals surface area contributed by atoms with Crippen LogP contribution >= 0.6 is 11.6 Å². The molecule has 0 spiro atoms. The van der Waals surface area contributed by atoms with Gasteiger partial charge in [-0.2, -0.15) is 0 Å². The molecule has 2 nitrogen and oxygen atoms in total. The minimum absolute atomic E-state index is 0.622. The van der Waals surface area contributed by atoms with E-state index in [2.05, 4.69) is 0 Å². The monoisotopic (exact) mass is 316 g/mol. The summed E-state index contributed by atoms with van der Waals surface area (Å²) in [7, 11) is 0. The first-order valence-electron chi connectivity index (χ1n) is 7.87. The van der Waals surface area contributed by atoms with Gasteiger partial charge in [0.25, 0.3) is 0 Å². The van der Waals surface area contributed by atoms with Crippen LogP contribution in [-0.4, -0.2) is 6.61 Å². The number of benzene rings is 2. The molecule has 1 aliphatic rings. The second-order valence-electron chi connectivity index (χ2n) is 5.97. The Balaban J connectivity index is 1.65. The molecule has 0 unspecified atom stereocenters. The van der Waals surface area contributed by atoms with Gasteiger partial charge in [0, 0.05) is 6.07 Å². The van der Waals surface area contributed by atoms with Gasteiger partial charge in [-0.05, 0) is 55.5 Å². The Kier molecular flexibility index (Phi) is 4.89. The summed E-state index contributed by atoms with van der Waals surface area (Å²) in [6, 6.07) is 13.5. The summed E-state index contributed by atoms with van der Waals surface area (Å²) >= 11 is 6.21. The van der Waals surface area contributed by atoms with E-state index in [-0.39, 0.29) is 0 Å². The van der Waals surface area contributed by atoms with Crippen molar-refractivity contribution in [2.24, 2.45) is 5.92 Å². The Labute approximate surface area is 137 Å². The molecule has 2 aromatic rings. The van der Waals surface area contributed by atoms with Crippen molar-refractivity contribution in [2.75, 3.05) is 6.61 Å². The molecule has 1 saturated carbocycles. The highest BCUT2D eigenvalue weighted by Crippen LogP contribution is 2.32. The maximum atomic E-state index is 6.21. The maximum absolute atomic E-state index is 6.21. The number of rotatable bonds is 5. The quantitative estimate of drug-likeness (QED) is 0.672. The van der Waals surface area contributed by atoms with Crippen LogP contribution in [-0.2, 0) is 0 Å². The van der Waals surface area contributed by atoms with Crippen molar-refractivity contribution < 1.29 is 9.47 Å². The van der Waals surface area contributed by atoms with Gasteiger partial charge in [0.15, 0.2) is 0 Å². The Morgan fingerprint density at radius 2 is 1.82 bits per heavy atom. The van der Waals surface area contributed by atoms with Crippen LogP contribution in [0.5, 0.6) is 17.2 Å². The average molecular weight is 317 g/mol. The lowest BCUT2D eigenvalue weighted by Gasteiger charge is -2.13. The molecule has 3 rings (SSSR count). The molecular weight excluding hydrogens is 296 g/mol. The van der Waals surface area contributed by atoms with Gasteiger partial charge in [-0.15, -0.1) is 0 Å². The van der Waals surface area contributed by atoms with Crippen molar-refractivity contribution in [1.82, 2.24) is 0 Å². The zero-order valence-corrected chi connectivity index (χ0v) is 13.6. The summed E-state index contributed by atoms with van der Waals surface area (Å²) < 4.78 is 11.8. The fraction of sp³-hybridized carbons (Fsp3) is 0.368. The van der Waals surface area contributed by atoms with Crippen LogP contribution in [0.15, 0.2) is 42.5 Å². The van der Waals surface area contributed by atoms with E-state index in [1.807, 2.05) is 49.4 Å². The Morgan fingerprint density at radius 3 is 2.59 bits per heavy atom. The number of aryl methyl sites for hydroxylation is 1. The molecule has 2 aromatic carbocycles. The van der Waals surface area contributed by atoms with E-state index in [1.165, 1.54) is 25.7 Å². The highest BCUT2D eigenvalue weighted by molar-refractivity contribution is 6.32. The van der Waals surface area contributed by atoms with Crippen LogP contribution in [0.2, 0.25) is 5.02 Å². The molecule has 0 heterocycles. The third-order valence-corrected chi connectivity index (χ3v) is 4.38. The Morgan fingerprint density at radius 1 is 1.05 bits per heavy atom. The fourth-order valence-electron chi connectivity index (χ4n) is 2.83. The Hall–Kier alpha value is -1.67. The van der Waals surface area contributed by atoms with Crippen LogP contribution < -0.4 is 9.47 Å². The van der Waals surface area contributed by atoms with Crippen molar-refractivity contribution in [3.8, 4) is 17.2 Å². The lowest BCUT2D eigenvalue weighted by Crippen LogP contribution is -2.07. The molecule has 0 aromatic heterocycles. The molecule has 0 N–H and O–H groups in total. The van der Waals surface area contributed by atoms with Crippen molar-refractivity contribution >= 4 is 11.6 Å². The lowest BCUT2D eigenvalue weighted by molar-refractivity contribution is 0.251. The largest absolute Gasteiger partial charge is 0.493 e. The van der Waals surface area contributed by atoms with Crippen molar-refractivity contribution in [2.45, 2.75) is 32.6 Å². The predicted molar refractivity (Wildman–Crippen MR) is 90.2 cm³/mol. The van der Waals surface area contributed by atoms with Gasteiger partial charge >= 0.3 is 0 Å². The van der Waals surface area contributed by atoms with E-state index < -0.39 is 0 Å². The first kappa shape index (κ1) is 15.2. The summed E-state index contributed by atoms with van der Waals surface area (Å²) in [5, 5.41) is 0.622. The van der Waals surface area contributed by atoms with E-state index in [0.717, 1.165) is 23.7 Å². The van der Waals surface area contributed by atoms with Gasteiger partial charge in [0.2, 0.25) is 0 Å².